The van der Waals surface area contributed by atoms with Crippen molar-refractivity contribution >= 4 is 16.7 Å². The lowest BCUT2D eigenvalue weighted by Gasteiger charge is -2.29. The number of halogens is 2. The minimum absolute atomic E-state index is 0.114. The van der Waals surface area contributed by atoms with Crippen molar-refractivity contribution < 1.29 is 8.78 Å². The van der Waals surface area contributed by atoms with Gasteiger partial charge in [0.05, 0.1) is 17.4 Å². The minimum Gasteiger partial charge on any atom is -0.380 e. The molecule has 0 amide bonds. The van der Waals surface area contributed by atoms with Gasteiger partial charge in [0.25, 0.3) is 5.56 Å². The van der Waals surface area contributed by atoms with Crippen molar-refractivity contribution in [3.63, 3.8) is 0 Å². The molecule has 0 unspecified atom stereocenters. The van der Waals surface area contributed by atoms with E-state index in [-0.39, 0.29) is 24.4 Å². The van der Waals surface area contributed by atoms with E-state index in [1.54, 1.807) is 36.5 Å². The van der Waals surface area contributed by atoms with Crippen LogP contribution in [0.2, 0.25) is 0 Å². The normalized spacial score (nSPS) is 17.5. The van der Waals surface area contributed by atoms with E-state index in [9.17, 15) is 13.6 Å². The van der Waals surface area contributed by atoms with Gasteiger partial charge in [-0.05, 0) is 12.8 Å². The van der Waals surface area contributed by atoms with Crippen LogP contribution < -0.4 is 10.9 Å². The number of fused-ring (bicyclic) bond motifs is 1. The molecular formula is C17H18F2N6O. The number of pyridine rings is 1. The first kappa shape index (κ1) is 16.6. The zero-order valence-electron chi connectivity index (χ0n) is 14.2. The fourth-order valence-corrected chi connectivity index (χ4v) is 3.23. The number of imidazole rings is 1. The largest absolute Gasteiger partial charge is 0.380 e. The Balaban J connectivity index is 1.74. The smallest absolute Gasteiger partial charge is 0.252 e. The number of aryl methyl sites for hydroxylation is 1. The van der Waals surface area contributed by atoms with Crippen LogP contribution in [0.3, 0.4) is 0 Å². The lowest BCUT2D eigenvalue weighted by molar-refractivity contribution is -0.0360. The quantitative estimate of drug-likeness (QED) is 0.777. The monoisotopic (exact) mass is 360 g/mol. The molecule has 1 fully saturated rings. The average Bonchev–Trinajstić information content (AvgIpc) is 3.15. The summed E-state index contributed by atoms with van der Waals surface area (Å²) in [6.45, 7) is 0. The molecule has 0 atom stereocenters. The molecule has 26 heavy (non-hydrogen) atoms. The molecule has 9 heteroatoms. The average molecular weight is 360 g/mol. The highest BCUT2D eigenvalue weighted by atomic mass is 19.3. The first-order valence-electron chi connectivity index (χ1n) is 8.42. The summed E-state index contributed by atoms with van der Waals surface area (Å²) in [6.07, 6.45) is 6.91. The molecule has 3 aromatic rings. The van der Waals surface area contributed by atoms with Gasteiger partial charge in [0.15, 0.2) is 0 Å². The number of hydrogen-bond donors (Lipinski definition) is 1. The summed E-state index contributed by atoms with van der Waals surface area (Å²) in [4.78, 5) is 25.1. The molecule has 1 saturated carbocycles. The fraction of sp³-hybridized carbons (Fsp3) is 0.412. The van der Waals surface area contributed by atoms with Gasteiger partial charge in [-0.1, -0.05) is 0 Å². The van der Waals surface area contributed by atoms with Crippen molar-refractivity contribution in [2.45, 2.75) is 37.6 Å². The lowest BCUT2D eigenvalue weighted by Crippen LogP contribution is -2.32. The maximum Gasteiger partial charge on any atom is 0.252 e. The van der Waals surface area contributed by atoms with Gasteiger partial charge in [0, 0.05) is 44.4 Å². The second-order valence-corrected chi connectivity index (χ2v) is 6.60. The summed E-state index contributed by atoms with van der Waals surface area (Å²) in [5.41, 5.74) is 1.48. The molecule has 7 nitrogen and oxygen atoms in total. The van der Waals surface area contributed by atoms with E-state index in [0.717, 1.165) is 0 Å². The number of nitrogens with one attached hydrogen (secondary N) is 1. The van der Waals surface area contributed by atoms with Crippen molar-refractivity contribution in [1.29, 1.82) is 0 Å². The third kappa shape index (κ3) is 3.04. The van der Waals surface area contributed by atoms with Gasteiger partial charge in [-0.25, -0.2) is 23.7 Å². The molecule has 0 bridgehead atoms. The first-order valence-corrected chi connectivity index (χ1v) is 8.42. The van der Waals surface area contributed by atoms with E-state index >= 15 is 0 Å². The van der Waals surface area contributed by atoms with Crippen LogP contribution in [0.25, 0.3) is 17.0 Å². The Hall–Kier alpha value is -2.84. The molecule has 1 aliphatic rings. The van der Waals surface area contributed by atoms with Gasteiger partial charge < -0.3 is 9.88 Å². The number of alkyl halides is 2. The summed E-state index contributed by atoms with van der Waals surface area (Å²) in [7, 11) is 1.65. The van der Waals surface area contributed by atoms with Crippen LogP contribution in [0.15, 0.2) is 35.8 Å². The van der Waals surface area contributed by atoms with E-state index in [1.165, 1.54) is 10.6 Å². The summed E-state index contributed by atoms with van der Waals surface area (Å²) in [5.74, 6) is -2.17. The first-order chi connectivity index (χ1) is 12.4. The molecule has 3 heterocycles. The molecule has 1 N–H and O–H groups in total. The van der Waals surface area contributed by atoms with E-state index in [1.807, 2.05) is 0 Å². The predicted octanol–water partition coefficient (Wildman–Crippen LogP) is 2.50. The van der Waals surface area contributed by atoms with Crippen LogP contribution in [-0.2, 0) is 7.05 Å². The third-order valence-corrected chi connectivity index (χ3v) is 4.78. The van der Waals surface area contributed by atoms with Crippen molar-refractivity contribution in [2.24, 2.45) is 7.05 Å². The van der Waals surface area contributed by atoms with E-state index in [2.05, 4.69) is 20.3 Å². The van der Waals surface area contributed by atoms with Crippen LogP contribution in [0, 0.1) is 0 Å². The number of rotatable bonds is 3. The van der Waals surface area contributed by atoms with Crippen molar-refractivity contribution in [1.82, 2.24) is 24.1 Å². The van der Waals surface area contributed by atoms with E-state index in [4.69, 9.17) is 0 Å². The summed E-state index contributed by atoms with van der Waals surface area (Å²) < 4.78 is 29.9. The molecule has 1 aliphatic carbocycles. The fourth-order valence-electron chi connectivity index (χ4n) is 3.23. The van der Waals surface area contributed by atoms with Gasteiger partial charge in [0.2, 0.25) is 11.9 Å². The molecule has 0 aliphatic heterocycles. The summed E-state index contributed by atoms with van der Waals surface area (Å²) >= 11 is 0. The maximum absolute atomic E-state index is 13.4. The Bertz CT molecular complexity index is 988. The number of nitrogens with zero attached hydrogens (tertiary/aromatic N) is 5. The van der Waals surface area contributed by atoms with Crippen LogP contribution in [0.5, 0.6) is 0 Å². The second kappa shape index (κ2) is 6.15. The Morgan fingerprint density at radius 1 is 1.31 bits per heavy atom. The Morgan fingerprint density at radius 2 is 2.08 bits per heavy atom. The highest BCUT2D eigenvalue weighted by molar-refractivity contribution is 5.87. The molecule has 3 aromatic heterocycles. The molecule has 136 valence electrons. The van der Waals surface area contributed by atoms with Crippen LogP contribution >= 0.6 is 0 Å². The zero-order valence-corrected chi connectivity index (χ0v) is 14.2. The third-order valence-electron chi connectivity index (χ3n) is 4.78. The second-order valence-electron chi connectivity index (χ2n) is 6.60. The number of anilines is 1. The van der Waals surface area contributed by atoms with Crippen LogP contribution in [0.1, 0.15) is 25.7 Å². The van der Waals surface area contributed by atoms with Crippen molar-refractivity contribution in [2.75, 3.05) is 5.32 Å². The Labute approximate surface area is 147 Å². The lowest BCUT2D eigenvalue weighted by atomic mass is 9.92. The zero-order chi connectivity index (χ0) is 18.3. The number of hydrogen-bond acceptors (Lipinski definition) is 5. The van der Waals surface area contributed by atoms with Gasteiger partial charge in [0.1, 0.15) is 11.8 Å². The predicted molar refractivity (Wildman–Crippen MR) is 92.7 cm³/mol. The van der Waals surface area contributed by atoms with Crippen molar-refractivity contribution in [3.05, 3.63) is 41.3 Å². The minimum atomic E-state index is -2.59. The molecule has 0 saturated heterocycles. The molecular weight excluding hydrogens is 342 g/mol. The topological polar surface area (TPSA) is 77.6 Å². The SMILES string of the molecule is Cn1c(=O)cc(NC2CCC(F)(F)CC2)c2nc(-n3ccnc3)ncc21. The standard InChI is InChI=1S/C17H18F2N6O/c1-24-13-9-21-16(25-7-6-20-10-25)23-15(13)12(8-14(24)26)22-11-2-4-17(18,19)5-3-11/h6-11,22H,2-5H2,1H3. The van der Waals surface area contributed by atoms with Gasteiger partial charge >= 0.3 is 0 Å². The Morgan fingerprint density at radius 3 is 2.77 bits per heavy atom. The van der Waals surface area contributed by atoms with Gasteiger partial charge in [-0.3, -0.25) is 9.36 Å². The Kier molecular flexibility index (Phi) is 3.93. The van der Waals surface area contributed by atoms with Crippen molar-refractivity contribution in [3.8, 4) is 5.95 Å². The molecule has 4 rings (SSSR count). The van der Waals surface area contributed by atoms with E-state index < -0.39 is 5.92 Å². The van der Waals surface area contributed by atoms with Crippen LogP contribution in [0.4, 0.5) is 14.5 Å². The van der Waals surface area contributed by atoms with Gasteiger partial charge in [-0.2, -0.15) is 0 Å². The van der Waals surface area contributed by atoms with Gasteiger partial charge in [-0.15, -0.1) is 0 Å². The highest BCUT2D eigenvalue weighted by Crippen LogP contribution is 2.34. The maximum atomic E-state index is 13.4. The molecule has 0 spiro atoms. The van der Waals surface area contributed by atoms with E-state index in [0.29, 0.717) is 35.5 Å². The van der Waals surface area contributed by atoms with Crippen LogP contribution in [-0.4, -0.2) is 36.1 Å². The summed E-state index contributed by atoms with van der Waals surface area (Å²) in [5, 5.41) is 3.24. The highest BCUT2D eigenvalue weighted by Gasteiger charge is 2.35. The summed E-state index contributed by atoms with van der Waals surface area (Å²) in [6, 6.07) is 1.34. The molecule has 0 aromatic carbocycles. The number of aromatic nitrogens is 5. The molecule has 0 radical (unpaired) electrons.